The lowest BCUT2D eigenvalue weighted by Gasteiger charge is -2.23. The maximum atomic E-state index is 12.3. The Morgan fingerprint density at radius 3 is 2.40 bits per heavy atom. The Bertz CT molecular complexity index is 408. The minimum Gasteiger partial charge on any atom is -0.497 e. The zero-order valence-corrected chi connectivity index (χ0v) is 13.5. The highest BCUT2D eigenvalue weighted by Crippen LogP contribution is 2.23. The highest BCUT2D eigenvalue weighted by molar-refractivity contribution is 7.85. The van der Waals surface area contributed by atoms with Gasteiger partial charge in [0.05, 0.1) is 12.4 Å². The Kier molecular flexibility index (Phi) is 7.80. The summed E-state index contributed by atoms with van der Waals surface area (Å²) in [5, 5.41) is 3.31. The van der Waals surface area contributed by atoms with Gasteiger partial charge in [-0.3, -0.25) is 4.21 Å². The predicted molar refractivity (Wildman–Crippen MR) is 83.8 cm³/mol. The number of hydrogen-bond acceptors (Lipinski definition) is 4. The van der Waals surface area contributed by atoms with Gasteiger partial charge in [0.1, 0.15) is 5.75 Å². The summed E-state index contributed by atoms with van der Waals surface area (Å²) in [6, 6.07) is 7.97. The van der Waals surface area contributed by atoms with Crippen LogP contribution in [0.15, 0.2) is 24.3 Å². The molecular formula is C15H25NO3S. The maximum absolute atomic E-state index is 12.3. The normalized spacial score (nSPS) is 15.6. The Morgan fingerprint density at radius 2 is 1.90 bits per heavy atom. The van der Waals surface area contributed by atoms with Crippen molar-refractivity contribution in [1.82, 2.24) is 5.32 Å². The van der Waals surface area contributed by atoms with Crippen molar-refractivity contribution < 1.29 is 13.7 Å². The van der Waals surface area contributed by atoms with Crippen molar-refractivity contribution in [3.05, 3.63) is 29.8 Å². The first-order valence-corrected chi connectivity index (χ1v) is 8.19. The van der Waals surface area contributed by atoms with Gasteiger partial charge in [0, 0.05) is 36.3 Å². The maximum Gasteiger partial charge on any atom is 0.118 e. The molecule has 0 spiro atoms. The molecule has 0 aliphatic carbocycles. The zero-order chi connectivity index (χ0) is 15.0. The molecule has 0 aliphatic heterocycles. The summed E-state index contributed by atoms with van der Waals surface area (Å²) in [7, 11) is 4.34. The summed E-state index contributed by atoms with van der Waals surface area (Å²) in [6.45, 7) is 2.68. The first kappa shape index (κ1) is 17.1. The molecule has 1 aromatic rings. The molecule has 4 nitrogen and oxygen atoms in total. The van der Waals surface area contributed by atoms with E-state index in [0.717, 1.165) is 17.7 Å². The van der Waals surface area contributed by atoms with Crippen LogP contribution in [0.25, 0.3) is 0 Å². The Labute approximate surface area is 124 Å². The van der Waals surface area contributed by atoms with Gasteiger partial charge in [-0.05, 0) is 38.1 Å². The predicted octanol–water partition coefficient (Wildman–Crippen LogP) is 2.13. The van der Waals surface area contributed by atoms with Crippen molar-refractivity contribution in [2.24, 2.45) is 0 Å². The third-order valence-corrected chi connectivity index (χ3v) is 5.16. The average Bonchev–Trinajstić information content (AvgIpc) is 2.48. The van der Waals surface area contributed by atoms with E-state index in [9.17, 15) is 4.21 Å². The van der Waals surface area contributed by atoms with E-state index >= 15 is 0 Å². The Balaban J connectivity index is 2.70. The minimum atomic E-state index is -0.878. The third kappa shape index (κ3) is 4.89. The molecule has 0 aromatic heterocycles. The highest BCUT2D eigenvalue weighted by Gasteiger charge is 2.22. The van der Waals surface area contributed by atoms with Gasteiger partial charge in [-0.1, -0.05) is 12.1 Å². The number of ether oxygens (including phenoxy) is 2. The third-order valence-electron chi connectivity index (χ3n) is 3.36. The van der Waals surface area contributed by atoms with E-state index in [1.165, 1.54) is 0 Å². The summed E-state index contributed by atoms with van der Waals surface area (Å²) in [6.07, 6.45) is 0.826. The fraction of sp³-hybridized carbons (Fsp3) is 0.600. The van der Waals surface area contributed by atoms with Crippen LogP contribution >= 0.6 is 0 Å². The molecule has 0 saturated carbocycles. The van der Waals surface area contributed by atoms with Crippen LogP contribution in [0.2, 0.25) is 0 Å². The van der Waals surface area contributed by atoms with Gasteiger partial charge in [0.15, 0.2) is 0 Å². The average molecular weight is 299 g/mol. The molecule has 114 valence electrons. The Hall–Kier alpha value is -0.910. The summed E-state index contributed by atoms with van der Waals surface area (Å²) in [4.78, 5) is 0. The Morgan fingerprint density at radius 1 is 1.25 bits per heavy atom. The first-order chi connectivity index (χ1) is 9.63. The van der Waals surface area contributed by atoms with Crippen LogP contribution in [0.3, 0.4) is 0 Å². The molecule has 1 rings (SSSR count). The lowest BCUT2D eigenvalue weighted by atomic mass is 10.0. The highest BCUT2D eigenvalue weighted by atomic mass is 32.2. The van der Waals surface area contributed by atoms with Crippen LogP contribution in [0.5, 0.6) is 5.75 Å². The fourth-order valence-corrected chi connectivity index (χ4v) is 3.54. The van der Waals surface area contributed by atoms with Crippen LogP contribution in [0.1, 0.15) is 24.9 Å². The summed E-state index contributed by atoms with van der Waals surface area (Å²) < 4.78 is 22.5. The number of rotatable bonds is 9. The molecule has 5 heteroatoms. The molecule has 1 N–H and O–H groups in total. The molecule has 3 unspecified atom stereocenters. The van der Waals surface area contributed by atoms with Crippen molar-refractivity contribution >= 4 is 10.8 Å². The smallest absolute Gasteiger partial charge is 0.118 e. The van der Waals surface area contributed by atoms with Gasteiger partial charge < -0.3 is 14.8 Å². The van der Waals surface area contributed by atoms with Gasteiger partial charge in [0.25, 0.3) is 0 Å². The van der Waals surface area contributed by atoms with E-state index < -0.39 is 10.8 Å². The molecule has 0 saturated heterocycles. The van der Waals surface area contributed by atoms with Crippen LogP contribution < -0.4 is 10.1 Å². The summed E-state index contributed by atoms with van der Waals surface area (Å²) in [5.41, 5.74) is 1.13. The van der Waals surface area contributed by atoms with Gasteiger partial charge in [-0.25, -0.2) is 0 Å². The second-order valence-corrected chi connectivity index (χ2v) is 6.59. The summed E-state index contributed by atoms with van der Waals surface area (Å²) >= 11 is 0. The second kappa shape index (κ2) is 9.10. The SMILES string of the molecule is CNC(c1ccc(OC)cc1)C(C)S(=O)CCCOC. The van der Waals surface area contributed by atoms with Crippen LogP contribution in [0.4, 0.5) is 0 Å². The van der Waals surface area contributed by atoms with E-state index in [1.807, 2.05) is 38.2 Å². The first-order valence-electron chi connectivity index (χ1n) is 6.81. The van der Waals surface area contributed by atoms with Crippen LogP contribution in [-0.2, 0) is 15.5 Å². The van der Waals surface area contributed by atoms with E-state index in [-0.39, 0.29) is 11.3 Å². The molecule has 0 bridgehead atoms. The van der Waals surface area contributed by atoms with Crippen LogP contribution in [-0.4, -0.2) is 43.1 Å². The number of nitrogens with one attached hydrogen (secondary N) is 1. The monoisotopic (exact) mass is 299 g/mol. The molecule has 1 aromatic carbocycles. The second-order valence-electron chi connectivity index (χ2n) is 4.68. The molecule has 0 heterocycles. The molecule has 0 fully saturated rings. The van der Waals surface area contributed by atoms with Gasteiger partial charge in [-0.2, -0.15) is 0 Å². The largest absolute Gasteiger partial charge is 0.497 e. The quantitative estimate of drug-likeness (QED) is 0.710. The van der Waals surface area contributed by atoms with Crippen molar-refractivity contribution in [2.75, 3.05) is 33.6 Å². The molecule has 0 amide bonds. The molecular weight excluding hydrogens is 274 g/mol. The summed E-state index contributed by atoms with van der Waals surface area (Å²) in [5.74, 6) is 1.50. The van der Waals surface area contributed by atoms with Crippen molar-refractivity contribution in [3.8, 4) is 5.75 Å². The molecule has 0 aliphatic rings. The number of benzene rings is 1. The van der Waals surface area contributed by atoms with Crippen molar-refractivity contribution in [2.45, 2.75) is 24.6 Å². The minimum absolute atomic E-state index is 0.0465. The van der Waals surface area contributed by atoms with E-state index in [0.29, 0.717) is 12.4 Å². The number of methoxy groups -OCH3 is 2. The van der Waals surface area contributed by atoms with Crippen molar-refractivity contribution in [1.29, 1.82) is 0 Å². The van der Waals surface area contributed by atoms with Gasteiger partial charge in [0.2, 0.25) is 0 Å². The van der Waals surface area contributed by atoms with Crippen LogP contribution in [0, 0.1) is 0 Å². The van der Waals surface area contributed by atoms with E-state index in [1.54, 1.807) is 14.2 Å². The fourth-order valence-electron chi connectivity index (χ4n) is 2.17. The lowest BCUT2D eigenvalue weighted by molar-refractivity contribution is 0.200. The standard InChI is InChI=1S/C15H25NO3S/c1-12(20(17)11-5-10-18-3)15(16-2)13-6-8-14(19-4)9-7-13/h6-9,12,15-16H,5,10-11H2,1-4H3. The van der Waals surface area contributed by atoms with E-state index in [4.69, 9.17) is 9.47 Å². The van der Waals surface area contributed by atoms with E-state index in [2.05, 4.69) is 5.32 Å². The zero-order valence-electron chi connectivity index (χ0n) is 12.7. The molecule has 3 atom stereocenters. The molecule has 0 radical (unpaired) electrons. The lowest BCUT2D eigenvalue weighted by Crippen LogP contribution is -2.31. The van der Waals surface area contributed by atoms with Gasteiger partial charge in [-0.15, -0.1) is 0 Å². The number of hydrogen-bond donors (Lipinski definition) is 1. The van der Waals surface area contributed by atoms with Crippen molar-refractivity contribution in [3.63, 3.8) is 0 Å². The van der Waals surface area contributed by atoms with Gasteiger partial charge >= 0.3 is 0 Å². The molecule has 20 heavy (non-hydrogen) atoms. The topological polar surface area (TPSA) is 47.6 Å².